The molecule has 0 radical (unpaired) electrons. The number of urea groups is 1. The molecule has 1 aliphatic carbocycles. The van der Waals surface area contributed by atoms with Crippen LogP contribution in [0.5, 0.6) is 0 Å². The number of nitrogens with one attached hydrogen (secondary N) is 2. The third-order valence-corrected chi connectivity index (χ3v) is 5.20. The lowest BCUT2D eigenvalue weighted by molar-refractivity contribution is 0.0773. The van der Waals surface area contributed by atoms with Gasteiger partial charge in [-0.3, -0.25) is 0 Å². The van der Waals surface area contributed by atoms with Gasteiger partial charge in [0.25, 0.3) is 0 Å². The Labute approximate surface area is 139 Å². The smallest absolute Gasteiger partial charge is 0.315 e. The number of aryl methyl sites for hydroxylation is 2. The molecule has 2 N–H and O–H groups in total. The van der Waals surface area contributed by atoms with Gasteiger partial charge in [-0.15, -0.1) is 0 Å². The predicted octanol–water partition coefficient (Wildman–Crippen LogP) is 2.60. The average molecular weight is 322 g/mol. The molecule has 130 valence electrons. The van der Waals surface area contributed by atoms with Crippen molar-refractivity contribution >= 4 is 6.03 Å². The van der Waals surface area contributed by atoms with E-state index in [0.29, 0.717) is 19.0 Å². The van der Waals surface area contributed by atoms with Gasteiger partial charge in [-0.25, -0.2) is 4.79 Å². The maximum absolute atomic E-state index is 12.2. The van der Waals surface area contributed by atoms with Crippen molar-refractivity contribution in [2.45, 2.75) is 58.5 Å². The molecule has 0 unspecified atom stereocenters. The van der Waals surface area contributed by atoms with E-state index in [4.69, 9.17) is 4.52 Å². The summed E-state index contributed by atoms with van der Waals surface area (Å²) in [6.45, 7) is 7.17. The van der Waals surface area contributed by atoms with Gasteiger partial charge in [0, 0.05) is 24.2 Å². The second-order valence-electron chi connectivity index (χ2n) is 7.16. The van der Waals surface area contributed by atoms with Crippen molar-refractivity contribution < 1.29 is 9.32 Å². The standard InChI is InChI=1S/C17H30N4O2/c1-12-7-6-8-17(9-12,21(4)5)11-19-16(22)18-10-15-13(2)20-23-14(15)3/h12H,6-11H2,1-5H3,(H2,18,19,22)/t12-,17+/m0/s1. The minimum Gasteiger partial charge on any atom is -0.361 e. The van der Waals surface area contributed by atoms with Crippen LogP contribution in [-0.4, -0.2) is 42.3 Å². The maximum atomic E-state index is 12.2. The van der Waals surface area contributed by atoms with Gasteiger partial charge >= 0.3 is 6.03 Å². The van der Waals surface area contributed by atoms with E-state index in [9.17, 15) is 4.79 Å². The highest BCUT2D eigenvalue weighted by Gasteiger charge is 2.37. The van der Waals surface area contributed by atoms with Crippen LogP contribution in [0.25, 0.3) is 0 Å². The van der Waals surface area contributed by atoms with Crippen molar-refractivity contribution in [3.05, 3.63) is 17.0 Å². The van der Waals surface area contributed by atoms with E-state index in [1.54, 1.807) is 0 Å². The number of hydrogen-bond acceptors (Lipinski definition) is 4. The van der Waals surface area contributed by atoms with E-state index in [-0.39, 0.29) is 11.6 Å². The molecule has 0 aliphatic heterocycles. The first-order chi connectivity index (χ1) is 10.8. The zero-order valence-electron chi connectivity index (χ0n) is 15.0. The van der Waals surface area contributed by atoms with Gasteiger partial charge in [0.15, 0.2) is 0 Å². The summed E-state index contributed by atoms with van der Waals surface area (Å²) in [4.78, 5) is 14.4. The van der Waals surface area contributed by atoms with Crippen LogP contribution in [0.2, 0.25) is 0 Å². The molecule has 0 aromatic carbocycles. The lowest BCUT2D eigenvalue weighted by Gasteiger charge is -2.45. The molecule has 0 spiro atoms. The van der Waals surface area contributed by atoms with Crippen molar-refractivity contribution in [3.8, 4) is 0 Å². The van der Waals surface area contributed by atoms with E-state index in [1.165, 1.54) is 12.8 Å². The van der Waals surface area contributed by atoms with Crippen LogP contribution in [0.4, 0.5) is 4.79 Å². The van der Waals surface area contributed by atoms with Gasteiger partial charge in [0.05, 0.1) is 5.69 Å². The summed E-state index contributed by atoms with van der Waals surface area (Å²) in [5.74, 6) is 1.46. The maximum Gasteiger partial charge on any atom is 0.315 e. The average Bonchev–Trinajstić information content (AvgIpc) is 2.82. The summed E-state index contributed by atoms with van der Waals surface area (Å²) in [7, 11) is 4.23. The molecule has 2 atom stereocenters. The normalized spacial score (nSPS) is 24.7. The highest BCUT2D eigenvalue weighted by atomic mass is 16.5. The van der Waals surface area contributed by atoms with E-state index in [1.807, 2.05) is 13.8 Å². The molecule has 6 heteroatoms. The Bertz CT molecular complexity index is 521. The third kappa shape index (κ3) is 4.25. The minimum absolute atomic E-state index is 0.0675. The molecule has 0 bridgehead atoms. The molecule has 0 saturated heterocycles. The van der Waals surface area contributed by atoms with Crippen molar-refractivity contribution in [3.63, 3.8) is 0 Å². The van der Waals surface area contributed by atoms with Crippen LogP contribution >= 0.6 is 0 Å². The topological polar surface area (TPSA) is 70.4 Å². The van der Waals surface area contributed by atoms with Crippen LogP contribution in [0, 0.1) is 19.8 Å². The van der Waals surface area contributed by atoms with Gasteiger partial charge in [-0.1, -0.05) is 24.9 Å². The lowest BCUT2D eigenvalue weighted by Crippen LogP contribution is -2.56. The molecule has 1 aromatic rings. The first-order valence-electron chi connectivity index (χ1n) is 8.45. The van der Waals surface area contributed by atoms with Gasteiger partial charge in [-0.05, 0) is 46.7 Å². The summed E-state index contributed by atoms with van der Waals surface area (Å²) < 4.78 is 5.11. The van der Waals surface area contributed by atoms with Crippen molar-refractivity contribution in [1.29, 1.82) is 0 Å². The molecule has 1 fully saturated rings. The van der Waals surface area contributed by atoms with Gasteiger partial charge in [-0.2, -0.15) is 0 Å². The van der Waals surface area contributed by atoms with Crippen LogP contribution in [0.3, 0.4) is 0 Å². The number of likely N-dealkylation sites (N-methyl/N-ethyl adjacent to an activating group) is 1. The van der Waals surface area contributed by atoms with Gasteiger partial charge in [0.1, 0.15) is 5.76 Å². The van der Waals surface area contributed by atoms with Crippen LogP contribution in [0.1, 0.15) is 49.6 Å². The fraction of sp³-hybridized carbons (Fsp3) is 0.765. The fourth-order valence-corrected chi connectivity index (χ4v) is 3.59. The largest absolute Gasteiger partial charge is 0.361 e. The quantitative estimate of drug-likeness (QED) is 0.874. The molecule has 23 heavy (non-hydrogen) atoms. The second-order valence-corrected chi connectivity index (χ2v) is 7.16. The molecule has 2 rings (SSSR count). The van der Waals surface area contributed by atoms with Crippen molar-refractivity contribution in [2.24, 2.45) is 5.92 Å². The highest BCUT2D eigenvalue weighted by Crippen LogP contribution is 2.35. The molecular formula is C17H30N4O2. The van der Waals surface area contributed by atoms with E-state index in [2.05, 4.69) is 41.7 Å². The van der Waals surface area contributed by atoms with Crippen molar-refractivity contribution in [2.75, 3.05) is 20.6 Å². The first kappa shape index (κ1) is 17.8. The number of amides is 2. The molecule has 1 saturated carbocycles. The first-order valence-corrected chi connectivity index (χ1v) is 8.45. The number of nitrogens with zero attached hydrogens (tertiary/aromatic N) is 2. The Morgan fingerprint density at radius 2 is 2.13 bits per heavy atom. The summed E-state index contributed by atoms with van der Waals surface area (Å²) in [5, 5.41) is 9.86. The summed E-state index contributed by atoms with van der Waals surface area (Å²) in [5.41, 5.74) is 1.85. The number of carbonyl (C=O) groups is 1. The zero-order chi connectivity index (χ0) is 17.0. The van der Waals surface area contributed by atoms with Crippen molar-refractivity contribution in [1.82, 2.24) is 20.7 Å². The number of aromatic nitrogens is 1. The lowest BCUT2D eigenvalue weighted by atomic mass is 9.75. The summed E-state index contributed by atoms with van der Waals surface area (Å²) in [6.07, 6.45) is 4.77. The Kier molecular flexibility index (Phi) is 5.68. The Morgan fingerprint density at radius 3 is 2.70 bits per heavy atom. The second kappa shape index (κ2) is 7.34. The summed E-state index contributed by atoms with van der Waals surface area (Å²) in [6, 6.07) is -0.135. The fourth-order valence-electron chi connectivity index (χ4n) is 3.59. The number of carbonyl (C=O) groups excluding carboxylic acids is 1. The molecule has 1 heterocycles. The monoisotopic (exact) mass is 322 g/mol. The molecule has 2 amide bonds. The highest BCUT2D eigenvalue weighted by molar-refractivity contribution is 5.74. The Morgan fingerprint density at radius 1 is 1.39 bits per heavy atom. The minimum atomic E-state index is -0.135. The number of hydrogen-bond donors (Lipinski definition) is 2. The van der Waals surface area contributed by atoms with E-state index >= 15 is 0 Å². The zero-order valence-corrected chi connectivity index (χ0v) is 15.0. The van der Waals surface area contributed by atoms with E-state index in [0.717, 1.165) is 29.9 Å². The third-order valence-electron chi connectivity index (χ3n) is 5.20. The van der Waals surface area contributed by atoms with Gasteiger partial charge < -0.3 is 20.1 Å². The summed E-state index contributed by atoms with van der Waals surface area (Å²) >= 11 is 0. The Hall–Kier alpha value is -1.56. The Balaban J connectivity index is 1.87. The van der Waals surface area contributed by atoms with Crippen LogP contribution in [-0.2, 0) is 6.54 Å². The molecule has 1 aliphatic rings. The predicted molar refractivity (Wildman–Crippen MR) is 90.3 cm³/mol. The van der Waals surface area contributed by atoms with Crippen LogP contribution in [0.15, 0.2) is 4.52 Å². The molecule has 1 aromatic heterocycles. The SMILES string of the molecule is Cc1noc(C)c1CNC(=O)NC[C@@]1(N(C)C)CCC[C@H](C)C1. The molecule has 6 nitrogen and oxygen atoms in total. The number of rotatable bonds is 5. The van der Waals surface area contributed by atoms with Crippen LogP contribution < -0.4 is 10.6 Å². The van der Waals surface area contributed by atoms with Gasteiger partial charge in [0.2, 0.25) is 0 Å². The van der Waals surface area contributed by atoms with E-state index < -0.39 is 0 Å². The molecular weight excluding hydrogens is 292 g/mol.